The number of oxazole rings is 1. The van der Waals surface area contributed by atoms with Crippen LogP contribution in [0.3, 0.4) is 0 Å². The summed E-state index contributed by atoms with van der Waals surface area (Å²) in [6.45, 7) is 1.87. The van der Waals surface area contributed by atoms with Gasteiger partial charge in [-0.05, 0) is 25.5 Å². The molecule has 0 aliphatic carbocycles. The third kappa shape index (κ3) is 3.48. The number of piperidine rings is 1. The Balaban J connectivity index is 0.00000176. The second-order valence-corrected chi connectivity index (χ2v) is 5.43. The molecule has 2 heterocycles. The lowest BCUT2D eigenvalue weighted by molar-refractivity contribution is -0.384. The Labute approximate surface area is 134 Å². The summed E-state index contributed by atoms with van der Waals surface area (Å²) in [5, 5.41) is 14.3. The highest BCUT2D eigenvalue weighted by atomic mass is 35.5. The zero-order valence-electron chi connectivity index (χ0n) is 12.3. The number of hydrogen-bond donors (Lipinski definition) is 1. The largest absolute Gasteiger partial charge is 0.423 e. The summed E-state index contributed by atoms with van der Waals surface area (Å²) < 4.78 is 5.67. The SMILES string of the molecule is CN(CC1CCCCN1)c1nc2cc([N+](=O)[O-])ccc2o1.Cl. The molecule has 0 bridgehead atoms. The second kappa shape index (κ2) is 6.93. The Kier molecular flexibility index (Phi) is 5.20. The van der Waals surface area contributed by atoms with E-state index >= 15 is 0 Å². The number of hydrogen-bond acceptors (Lipinski definition) is 6. The Morgan fingerprint density at radius 1 is 1.50 bits per heavy atom. The highest BCUT2D eigenvalue weighted by Gasteiger charge is 2.18. The lowest BCUT2D eigenvalue weighted by Crippen LogP contribution is -2.42. The van der Waals surface area contributed by atoms with Crippen molar-refractivity contribution in [1.29, 1.82) is 0 Å². The molecular weight excluding hydrogens is 308 g/mol. The van der Waals surface area contributed by atoms with Gasteiger partial charge in [-0.2, -0.15) is 4.98 Å². The number of halogens is 1. The van der Waals surface area contributed by atoms with Crippen LogP contribution in [0.5, 0.6) is 0 Å². The molecule has 22 heavy (non-hydrogen) atoms. The molecule has 0 radical (unpaired) electrons. The maximum Gasteiger partial charge on any atom is 0.298 e. The fourth-order valence-electron chi connectivity index (χ4n) is 2.67. The molecule has 1 atom stereocenters. The van der Waals surface area contributed by atoms with Crippen molar-refractivity contribution in [1.82, 2.24) is 10.3 Å². The summed E-state index contributed by atoms with van der Waals surface area (Å²) in [6.07, 6.45) is 3.62. The first-order valence-corrected chi connectivity index (χ1v) is 7.13. The summed E-state index contributed by atoms with van der Waals surface area (Å²) in [5.74, 6) is 0. The van der Waals surface area contributed by atoms with Crippen molar-refractivity contribution in [2.75, 3.05) is 25.0 Å². The average Bonchev–Trinajstić information content (AvgIpc) is 2.91. The number of rotatable bonds is 4. The van der Waals surface area contributed by atoms with Gasteiger partial charge in [-0.25, -0.2) is 0 Å². The molecule has 1 aromatic carbocycles. The van der Waals surface area contributed by atoms with Gasteiger partial charge in [0.1, 0.15) is 5.52 Å². The quantitative estimate of drug-likeness (QED) is 0.687. The number of benzene rings is 1. The van der Waals surface area contributed by atoms with Crippen LogP contribution in [0.2, 0.25) is 0 Å². The fourth-order valence-corrected chi connectivity index (χ4v) is 2.67. The number of nitro groups is 1. The van der Waals surface area contributed by atoms with E-state index in [1.165, 1.54) is 25.0 Å². The smallest absolute Gasteiger partial charge is 0.298 e. The molecule has 1 aliphatic rings. The topological polar surface area (TPSA) is 84.4 Å². The Morgan fingerprint density at radius 3 is 3.00 bits per heavy atom. The number of nitro benzene ring substituents is 1. The van der Waals surface area contributed by atoms with Gasteiger partial charge in [0.15, 0.2) is 5.58 Å². The molecule has 1 saturated heterocycles. The van der Waals surface area contributed by atoms with Crippen molar-refractivity contribution in [2.24, 2.45) is 0 Å². The minimum Gasteiger partial charge on any atom is -0.423 e. The van der Waals surface area contributed by atoms with E-state index in [0.717, 1.165) is 19.5 Å². The van der Waals surface area contributed by atoms with Crippen molar-refractivity contribution in [3.8, 4) is 0 Å². The van der Waals surface area contributed by atoms with E-state index in [1.807, 2.05) is 11.9 Å². The third-order valence-electron chi connectivity index (χ3n) is 3.80. The molecule has 1 N–H and O–H groups in total. The number of anilines is 1. The Hall–Kier alpha value is -1.86. The van der Waals surface area contributed by atoms with Gasteiger partial charge in [-0.3, -0.25) is 10.1 Å². The van der Waals surface area contributed by atoms with Gasteiger partial charge in [0.25, 0.3) is 11.7 Å². The molecule has 2 aromatic rings. The van der Waals surface area contributed by atoms with Gasteiger partial charge in [0, 0.05) is 31.8 Å². The van der Waals surface area contributed by atoms with E-state index in [0.29, 0.717) is 23.2 Å². The molecule has 1 aromatic heterocycles. The van der Waals surface area contributed by atoms with Crippen LogP contribution in [0.4, 0.5) is 11.7 Å². The van der Waals surface area contributed by atoms with Crippen LogP contribution in [-0.2, 0) is 0 Å². The van der Waals surface area contributed by atoms with Crippen LogP contribution in [0.25, 0.3) is 11.1 Å². The Morgan fingerprint density at radius 2 is 2.32 bits per heavy atom. The predicted octanol–water partition coefficient (Wildman–Crippen LogP) is 2.74. The van der Waals surface area contributed by atoms with Gasteiger partial charge in [-0.1, -0.05) is 6.42 Å². The van der Waals surface area contributed by atoms with Crippen molar-refractivity contribution in [2.45, 2.75) is 25.3 Å². The second-order valence-electron chi connectivity index (χ2n) is 5.43. The lowest BCUT2D eigenvalue weighted by Gasteiger charge is -2.27. The summed E-state index contributed by atoms with van der Waals surface area (Å²) >= 11 is 0. The van der Waals surface area contributed by atoms with Gasteiger partial charge in [0.05, 0.1) is 4.92 Å². The fraction of sp³-hybridized carbons (Fsp3) is 0.500. The highest BCUT2D eigenvalue weighted by Crippen LogP contribution is 2.25. The first-order chi connectivity index (χ1) is 10.1. The molecule has 7 nitrogen and oxygen atoms in total. The maximum absolute atomic E-state index is 10.8. The number of nitrogens with zero attached hydrogens (tertiary/aromatic N) is 3. The number of aromatic nitrogens is 1. The minimum absolute atomic E-state index is 0. The molecule has 120 valence electrons. The molecule has 0 amide bonds. The first kappa shape index (κ1) is 16.5. The molecule has 8 heteroatoms. The van der Waals surface area contributed by atoms with Gasteiger partial charge in [0.2, 0.25) is 0 Å². The highest BCUT2D eigenvalue weighted by molar-refractivity contribution is 5.85. The van der Waals surface area contributed by atoms with E-state index in [4.69, 9.17) is 4.42 Å². The van der Waals surface area contributed by atoms with Crippen molar-refractivity contribution in [3.05, 3.63) is 28.3 Å². The molecule has 1 aliphatic heterocycles. The number of non-ortho nitro benzene ring substituents is 1. The monoisotopic (exact) mass is 326 g/mol. The van der Waals surface area contributed by atoms with E-state index in [-0.39, 0.29) is 18.1 Å². The number of likely N-dealkylation sites (N-methyl/N-ethyl adjacent to an activating group) is 1. The van der Waals surface area contributed by atoms with Crippen molar-refractivity contribution in [3.63, 3.8) is 0 Å². The molecule has 1 unspecified atom stereocenters. The Bertz CT molecular complexity index is 655. The van der Waals surface area contributed by atoms with Crippen LogP contribution in [0, 0.1) is 10.1 Å². The molecule has 0 spiro atoms. The summed E-state index contributed by atoms with van der Waals surface area (Å²) in [5.41, 5.74) is 1.11. The van der Waals surface area contributed by atoms with Crippen LogP contribution in [0.1, 0.15) is 19.3 Å². The van der Waals surface area contributed by atoms with Gasteiger partial charge >= 0.3 is 0 Å². The molecule has 3 rings (SSSR count). The zero-order valence-corrected chi connectivity index (χ0v) is 13.1. The van der Waals surface area contributed by atoms with E-state index in [1.54, 1.807) is 6.07 Å². The normalized spacial score (nSPS) is 18.0. The predicted molar refractivity (Wildman–Crippen MR) is 86.8 cm³/mol. The van der Waals surface area contributed by atoms with E-state index in [2.05, 4.69) is 10.3 Å². The van der Waals surface area contributed by atoms with Gasteiger partial charge < -0.3 is 14.6 Å². The maximum atomic E-state index is 10.8. The first-order valence-electron chi connectivity index (χ1n) is 7.13. The minimum atomic E-state index is -0.427. The van der Waals surface area contributed by atoms with Crippen molar-refractivity contribution >= 4 is 35.2 Å². The number of fused-ring (bicyclic) bond motifs is 1. The van der Waals surface area contributed by atoms with Crippen LogP contribution < -0.4 is 10.2 Å². The van der Waals surface area contributed by atoms with E-state index in [9.17, 15) is 10.1 Å². The summed E-state index contributed by atoms with van der Waals surface area (Å²) in [6, 6.07) is 5.40. The standard InChI is InChI=1S/C14H18N4O3.ClH/c1-17(9-10-4-2-3-7-15-10)14-16-12-8-11(18(19)20)5-6-13(12)21-14;/h5-6,8,10,15H,2-4,7,9H2,1H3;1H. The third-order valence-corrected chi connectivity index (χ3v) is 3.80. The van der Waals surface area contributed by atoms with Crippen LogP contribution in [-0.4, -0.2) is 36.1 Å². The van der Waals surface area contributed by atoms with E-state index < -0.39 is 4.92 Å². The van der Waals surface area contributed by atoms with Gasteiger partial charge in [-0.15, -0.1) is 12.4 Å². The average molecular weight is 327 g/mol. The number of nitrogens with one attached hydrogen (secondary N) is 1. The van der Waals surface area contributed by atoms with Crippen LogP contribution >= 0.6 is 12.4 Å². The molecule has 1 fully saturated rings. The zero-order chi connectivity index (χ0) is 14.8. The molecular formula is C14H19ClN4O3. The summed E-state index contributed by atoms with van der Waals surface area (Å²) in [4.78, 5) is 16.7. The summed E-state index contributed by atoms with van der Waals surface area (Å²) in [7, 11) is 1.93. The van der Waals surface area contributed by atoms with Crippen LogP contribution in [0.15, 0.2) is 22.6 Å². The molecule has 0 saturated carbocycles. The van der Waals surface area contributed by atoms with Crippen molar-refractivity contribution < 1.29 is 9.34 Å². The lowest BCUT2D eigenvalue weighted by atomic mass is 10.1.